The molecule has 0 bridgehead atoms. The fourth-order valence-corrected chi connectivity index (χ4v) is 2.98. The summed E-state index contributed by atoms with van der Waals surface area (Å²) in [6, 6.07) is 13.9. The molecule has 0 atom stereocenters. The number of nitro groups is 1. The second kappa shape index (κ2) is 6.89. The molecule has 0 unspecified atom stereocenters. The Hall–Kier alpha value is -3.24. The fourth-order valence-electron chi connectivity index (χ4n) is 2.07. The highest BCUT2D eigenvalue weighted by molar-refractivity contribution is 7.19. The van der Waals surface area contributed by atoms with E-state index in [4.69, 9.17) is 10.00 Å². The predicted molar refractivity (Wildman–Crippen MR) is 92.8 cm³/mol. The van der Waals surface area contributed by atoms with Gasteiger partial charge in [0.15, 0.2) is 6.61 Å². The highest BCUT2D eigenvalue weighted by Crippen LogP contribution is 2.27. The van der Waals surface area contributed by atoms with Crippen LogP contribution in [0.3, 0.4) is 0 Å². The van der Waals surface area contributed by atoms with Gasteiger partial charge in [0.25, 0.3) is 5.69 Å². The molecule has 0 spiro atoms. The summed E-state index contributed by atoms with van der Waals surface area (Å²) in [4.78, 5) is 14.8. The van der Waals surface area contributed by atoms with Crippen LogP contribution in [0.5, 0.6) is 5.75 Å². The van der Waals surface area contributed by atoms with Gasteiger partial charge in [-0.15, -0.1) is 11.3 Å². The summed E-state index contributed by atoms with van der Waals surface area (Å²) in [6.07, 6.45) is 3.77. The van der Waals surface area contributed by atoms with E-state index >= 15 is 0 Å². The standard InChI is InChI=1S/C17H11N3O3S/c18-9-10-23-14-5-1-12(2-6-14)3-8-17-19-15-7-4-13(20(21)22)11-16(15)24-17/h1-8,11H,10H2/b8-3+. The smallest absolute Gasteiger partial charge is 0.270 e. The first-order valence-electron chi connectivity index (χ1n) is 6.98. The van der Waals surface area contributed by atoms with Crippen molar-refractivity contribution in [1.82, 2.24) is 4.98 Å². The zero-order valence-electron chi connectivity index (χ0n) is 12.4. The Morgan fingerprint density at radius 2 is 2.04 bits per heavy atom. The van der Waals surface area contributed by atoms with E-state index in [1.54, 1.807) is 18.2 Å². The van der Waals surface area contributed by atoms with Crippen LogP contribution in [0.15, 0.2) is 42.5 Å². The third-order valence-electron chi connectivity index (χ3n) is 3.20. The van der Waals surface area contributed by atoms with Crippen molar-refractivity contribution in [2.45, 2.75) is 0 Å². The predicted octanol–water partition coefficient (Wildman–Crippen LogP) is 4.28. The maximum absolute atomic E-state index is 10.8. The fraction of sp³-hybridized carbons (Fsp3) is 0.0588. The Morgan fingerprint density at radius 3 is 2.75 bits per heavy atom. The number of rotatable bonds is 5. The number of nitrogens with zero attached hydrogens (tertiary/aromatic N) is 3. The number of nitriles is 1. The third kappa shape index (κ3) is 3.56. The number of hydrogen-bond acceptors (Lipinski definition) is 6. The highest BCUT2D eigenvalue weighted by atomic mass is 32.1. The van der Waals surface area contributed by atoms with Gasteiger partial charge in [-0.3, -0.25) is 10.1 Å². The molecule has 0 aliphatic rings. The zero-order chi connectivity index (χ0) is 16.9. The van der Waals surface area contributed by atoms with Crippen LogP contribution < -0.4 is 4.74 Å². The first-order valence-corrected chi connectivity index (χ1v) is 7.80. The van der Waals surface area contributed by atoms with E-state index in [0.29, 0.717) is 5.75 Å². The van der Waals surface area contributed by atoms with Crippen molar-refractivity contribution in [2.75, 3.05) is 6.61 Å². The van der Waals surface area contributed by atoms with Crippen LogP contribution in [0.25, 0.3) is 22.4 Å². The Bertz CT molecular complexity index is 955. The molecule has 1 aromatic heterocycles. The molecule has 3 rings (SSSR count). The molecule has 0 saturated heterocycles. The Labute approximate surface area is 141 Å². The van der Waals surface area contributed by atoms with E-state index < -0.39 is 4.92 Å². The van der Waals surface area contributed by atoms with Crippen molar-refractivity contribution in [3.8, 4) is 11.8 Å². The first-order chi connectivity index (χ1) is 11.7. The number of thiazole rings is 1. The van der Waals surface area contributed by atoms with Gasteiger partial charge < -0.3 is 4.74 Å². The summed E-state index contributed by atoms with van der Waals surface area (Å²) in [6.45, 7) is 0.0209. The van der Waals surface area contributed by atoms with Gasteiger partial charge in [-0.25, -0.2) is 4.98 Å². The monoisotopic (exact) mass is 337 g/mol. The highest BCUT2D eigenvalue weighted by Gasteiger charge is 2.09. The minimum Gasteiger partial charge on any atom is -0.479 e. The average molecular weight is 337 g/mol. The van der Waals surface area contributed by atoms with Crippen LogP contribution in [0.2, 0.25) is 0 Å². The summed E-state index contributed by atoms with van der Waals surface area (Å²) in [5.41, 5.74) is 1.77. The summed E-state index contributed by atoms with van der Waals surface area (Å²) in [5.74, 6) is 0.640. The molecule has 0 N–H and O–H groups in total. The van der Waals surface area contributed by atoms with Crippen molar-refractivity contribution in [3.63, 3.8) is 0 Å². The lowest BCUT2D eigenvalue weighted by molar-refractivity contribution is -0.384. The van der Waals surface area contributed by atoms with Crippen molar-refractivity contribution < 1.29 is 9.66 Å². The van der Waals surface area contributed by atoms with E-state index in [0.717, 1.165) is 20.8 Å². The molecule has 0 saturated carbocycles. The number of fused-ring (bicyclic) bond motifs is 1. The number of aromatic nitrogens is 1. The molecule has 0 aliphatic carbocycles. The third-order valence-corrected chi connectivity index (χ3v) is 4.18. The normalized spacial score (nSPS) is 10.8. The lowest BCUT2D eigenvalue weighted by atomic mass is 10.2. The van der Waals surface area contributed by atoms with E-state index in [1.807, 2.05) is 30.4 Å². The van der Waals surface area contributed by atoms with Gasteiger partial charge in [0.05, 0.1) is 15.1 Å². The quantitative estimate of drug-likeness (QED) is 0.512. The first kappa shape index (κ1) is 15.6. The average Bonchev–Trinajstić information content (AvgIpc) is 3.01. The van der Waals surface area contributed by atoms with Gasteiger partial charge >= 0.3 is 0 Å². The number of ether oxygens (including phenoxy) is 1. The topological polar surface area (TPSA) is 89.0 Å². The maximum Gasteiger partial charge on any atom is 0.270 e. The molecule has 0 radical (unpaired) electrons. The van der Waals surface area contributed by atoms with E-state index in [9.17, 15) is 10.1 Å². The summed E-state index contributed by atoms with van der Waals surface area (Å²) in [5, 5.41) is 20.0. The summed E-state index contributed by atoms with van der Waals surface area (Å²) in [7, 11) is 0. The molecule has 0 aliphatic heterocycles. The number of hydrogen-bond donors (Lipinski definition) is 0. The number of non-ortho nitro benzene ring substituents is 1. The minimum atomic E-state index is -0.412. The van der Waals surface area contributed by atoms with Crippen LogP contribution in [0, 0.1) is 21.4 Å². The minimum absolute atomic E-state index is 0.0209. The van der Waals surface area contributed by atoms with Gasteiger partial charge in [-0.2, -0.15) is 5.26 Å². The van der Waals surface area contributed by atoms with Crippen LogP contribution in [0.4, 0.5) is 5.69 Å². The second-order valence-electron chi connectivity index (χ2n) is 4.81. The van der Waals surface area contributed by atoms with Crippen molar-refractivity contribution in [3.05, 3.63) is 63.1 Å². The van der Waals surface area contributed by atoms with E-state index in [1.165, 1.54) is 23.5 Å². The molecular weight excluding hydrogens is 326 g/mol. The number of benzene rings is 2. The second-order valence-corrected chi connectivity index (χ2v) is 5.87. The molecule has 0 fully saturated rings. The van der Waals surface area contributed by atoms with Gasteiger partial charge in [-0.1, -0.05) is 18.2 Å². The molecular formula is C17H11N3O3S. The Morgan fingerprint density at radius 1 is 1.25 bits per heavy atom. The van der Waals surface area contributed by atoms with Crippen LogP contribution in [-0.4, -0.2) is 16.5 Å². The molecule has 24 heavy (non-hydrogen) atoms. The van der Waals surface area contributed by atoms with Crippen molar-refractivity contribution in [1.29, 1.82) is 5.26 Å². The maximum atomic E-state index is 10.8. The molecule has 3 aromatic rings. The molecule has 118 valence electrons. The number of nitro benzene ring substituents is 1. The van der Waals surface area contributed by atoms with E-state index in [2.05, 4.69) is 4.98 Å². The lowest BCUT2D eigenvalue weighted by Crippen LogP contribution is -1.92. The van der Waals surface area contributed by atoms with Crippen LogP contribution in [-0.2, 0) is 0 Å². The van der Waals surface area contributed by atoms with Crippen molar-refractivity contribution >= 4 is 39.4 Å². The largest absolute Gasteiger partial charge is 0.479 e. The van der Waals surface area contributed by atoms with Gasteiger partial charge in [0.2, 0.25) is 0 Å². The van der Waals surface area contributed by atoms with Gasteiger partial charge in [0.1, 0.15) is 16.8 Å². The molecule has 6 nitrogen and oxygen atoms in total. The summed E-state index contributed by atoms with van der Waals surface area (Å²) < 4.78 is 5.97. The van der Waals surface area contributed by atoms with Crippen molar-refractivity contribution in [2.24, 2.45) is 0 Å². The van der Waals surface area contributed by atoms with Crippen LogP contribution >= 0.6 is 11.3 Å². The zero-order valence-corrected chi connectivity index (χ0v) is 13.2. The molecule has 2 aromatic carbocycles. The Balaban J connectivity index is 1.77. The van der Waals surface area contributed by atoms with Crippen LogP contribution in [0.1, 0.15) is 10.6 Å². The molecule has 0 amide bonds. The van der Waals surface area contributed by atoms with Gasteiger partial charge in [0, 0.05) is 12.1 Å². The van der Waals surface area contributed by atoms with E-state index in [-0.39, 0.29) is 12.3 Å². The SMILES string of the molecule is N#CCOc1ccc(/C=C/c2nc3ccc([N+](=O)[O-])cc3s2)cc1. The van der Waals surface area contributed by atoms with Gasteiger partial charge in [-0.05, 0) is 29.8 Å². The molecule has 7 heteroatoms. The summed E-state index contributed by atoms with van der Waals surface area (Å²) >= 11 is 1.40. The lowest BCUT2D eigenvalue weighted by Gasteiger charge is -2.00. The Kier molecular flexibility index (Phi) is 4.50. The molecule has 1 heterocycles.